The van der Waals surface area contributed by atoms with E-state index >= 15 is 0 Å². The van der Waals surface area contributed by atoms with Crippen molar-refractivity contribution < 1.29 is 14.3 Å². The average Bonchev–Trinajstić information content (AvgIpc) is 2.89. The molecular formula is C14H10ClFN2O2. The minimum atomic E-state index is -1.03. The first-order valence-corrected chi connectivity index (χ1v) is 6.74. The molecule has 0 amide bonds. The molecule has 0 aliphatic heterocycles. The van der Waals surface area contributed by atoms with Crippen molar-refractivity contribution in [2.45, 2.75) is 18.8 Å². The van der Waals surface area contributed by atoms with Gasteiger partial charge in [-0.3, -0.25) is 0 Å². The molecule has 4 rings (SSSR count). The summed E-state index contributed by atoms with van der Waals surface area (Å²) in [5.41, 5.74) is 2.36. The number of fused-ring (bicyclic) bond motifs is 3. The van der Waals surface area contributed by atoms with Crippen LogP contribution in [0.1, 0.15) is 34.1 Å². The summed E-state index contributed by atoms with van der Waals surface area (Å²) in [4.78, 5) is 11.3. The molecule has 2 aliphatic rings. The summed E-state index contributed by atoms with van der Waals surface area (Å²) in [5, 5.41) is 13.7. The third-order valence-corrected chi connectivity index (χ3v) is 4.41. The van der Waals surface area contributed by atoms with Gasteiger partial charge in [0.25, 0.3) is 0 Å². The van der Waals surface area contributed by atoms with Gasteiger partial charge in [-0.2, -0.15) is 5.10 Å². The van der Waals surface area contributed by atoms with Crippen LogP contribution in [0, 0.1) is 11.7 Å². The van der Waals surface area contributed by atoms with Crippen LogP contribution in [-0.2, 0) is 6.42 Å². The first-order chi connectivity index (χ1) is 9.56. The van der Waals surface area contributed by atoms with Gasteiger partial charge in [0.1, 0.15) is 5.82 Å². The van der Waals surface area contributed by atoms with Crippen LogP contribution in [0.4, 0.5) is 4.39 Å². The Labute approximate surface area is 118 Å². The Hall–Kier alpha value is -1.88. The standard InChI is InChI=1S/C14H10ClFN2O2/c15-10-5-7(16)1-2-11(10)18-13-8-3-6(8)4-9(13)12(17-18)14(19)20/h1-2,5-6,8H,3-4H2,(H,19,20)/t6-,8-/m1/s1. The second-order valence-corrected chi connectivity index (χ2v) is 5.74. The van der Waals surface area contributed by atoms with Crippen LogP contribution < -0.4 is 0 Å². The maximum absolute atomic E-state index is 13.1. The van der Waals surface area contributed by atoms with Crippen LogP contribution in [0.2, 0.25) is 5.02 Å². The largest absolute Gasteiger partial charge is 0.476 e. The smallest absolute Gasteiger partial charge is 0.356 e. The van der Waals surface area contributed by atoms with Crippen LogP contribution in [-0.4, -0.2) is 20.9 Å². The number of halogens is 2. The van der Waals surface area contributed by atoms with E-state index in [-0.39, 0.29) is 10.7 Å². The van der Waals surface area contributed by atoms with Crippen LogP contribution in [0.15, 0.2) is 18.2 Å². The van der Waals surface area contributed by atoms with Gasteiger partial charge in [-0.15, -0.1) is 0 Å². The highest BCUT2D eigenvalue weighted by Gasteiger charge is 2.50. The Morgan fingerprint density at radius 2 is 2.30 bits per heavy atom. The van der Waals surface area contributed by atoms with Crippen molar-refractivity contribution in [1.29, 1.82) is 0 Å². The van der Waals surface area contributed by atoms with E-state index < -0.39 is 11.8 Å². The highest BCUT2D eigenvalue weighted by Crippen LogP contribution is 2.57. The predicted octanol–water partition coefficient (Wildman–Crippen LogP) is 3.02. The van der Waals surface area contributed by atoms with E-state index in [1.165, 1.54) is 18.2 Å². The zero-order valence-electron chi connectivity index (χ0n) is 10.3. The van der Waals surface area contributed by atoms with Crippen molar-refractivity contribution in [1.82, 2.24) is 9.78 Å². The van der Waals surface area contributed by atoms with Gasteiger partial charge in [-0.05, 0) is 37.0 Å². The lowest BCUT2D eigenvalue weighted by molar-refractivity contribution is 0.0688. The second-order valence-electron chi connectivity index (χ2n) is 5.33. The van der Waals surface area contributed by atoms with Gasteiger partial charge in [0.15, 0.2) is 5.69 Å². The Morgan fingerprint density at radius 3 is 3.00 bits per heavy atom. The van der Waals surface area contributed by atoms with E-state index in [0.717, 1.165) is 24.1 Å². The van der Waals surface area contributed by atoms with Gasteiger partial charge in [-0.1, -0.05) is 11.6 Å². The maximum atomic E-state index is 13.1. The molecule has 6 heteroatoms. The van der Waals surface area contributed by atoms with Crippen LogP contribution >= 0.6 is 11.6 Å². The van der Waals surface area contributed by atoms with Crippen LogP contribution in [0.3, 0.4) is 0 Å². The van der Waals surface area contributed by atoms with Crippen molar-refractivity contribution >= 4 is 17.6 Å². The number of benzene rings is 1. The number of hydrogen-bond acceptors (Lipinski definition) is 2. The fraction of sp³-hybridized carbons (Fsp3) is 0.286. The number of carboxylic acid groups (broad SMARTS) is 1. The summed E-state index contributed by atoms with van der Waals surface area (Å²) in [7, 11) is 0. The predicted molar refractivity (Wildman–Crippen MR) is 70.0 cm³/mol. The number of hydrogen-bond donors (Lipinski definition) is 1. The summed E-state index contributed by atoms with van der Waals surface area (Å²) in [6.45, 7) is 0. The number of aromatic carboxylic acids is 1. The molecule has 1 aromatic carbocycles. The van der Waals surface area contributed by atoms with E-state index in [0.29, 0.717) is 17.5 Å². The van der Waals surface area contributed by atoms with Crippen LogP contribution in [0.25, 0.3) is 5.69 Å². The van der Waals surface area contributed by atoms with Crippen molar-refractivity contribution in [3.05, 3.63) is 46.0 Å². The summed E-state index contributed by atoms with van der Waals surface area (Å²) < 4.78 is 14.7. The summed E-state index contributed by atoms with van der Waals surface area (Å²) in [6.07, 6.45) is 1.83. The Bertz CT molecular complexity index is 756. The molecule has 1 aromatic heterocycles. The molecule has 20 heavy (non-hydrogen) atoms. The molecule has 1 fully saturated rings. The molecule has 1 heterocycles. The van der Waals surface area contributed by atoms with E-state index in [1.54, 1.807) is 4.68 Å². The van der Waals surface area contributed by atoms with Gasteiger partial charge in [0, 0.05) is 11.5 Å². The van der Waals surface area contributed by atoms with Crippen molar-refractivity contribution in [2.75, 3.05) is 0 Å². The minimum absolute atomic E-state index is 0.0904. The van der Waals surface area contributed by atoms with Crippen molar-refractivity contribution in [3.8, 4) is 5.69 Å². The first kappa shape index (κ1) is 11.9. The minimum Gasteiger partial charge on any atom is -0.476 e. The molecule has 2 aromatic rings. The Balaban J connectivity index is 1.94. The first-order valence-electron chi connectivity index (χ1n) is 6.36. The topological polar surface area (TPSA) is 55.1 Å². The highest BCUT2D eigenvalue weighted by atomic mass is 35.5. The molecule has 0 unspecified atom stereocenters. The van der Waals surface area contributed by atoms with Crippen molar-refractivity contribution in [3.63, 3.8) is 0 Å². The lowest BCUT2D eigenvalue weighted by Crippen LogP contribution is -2.05. The SMILES string of the molecule is O=C(O)c1nn(-c2ccc(F)cc2Cl)c2c1C[C@H]1C[C@@H]21. The highest BCUT2D eigenvalue weighted by molar-refractivity contribution is 6.32. The van der Waals surface area contributed by atoms with Gasteiger partial charge in [0.05, 0.1) is 16.4 Å². The number of carbonyl (C=O) groups is 1. The molecule has 2 atom stereocenters. The van der Waals surface area contributed by atoms with Gasteiger partial charge >= 0.3 is 5.97 Å². The van der Waals surface area contributed by atoms with E-state index in [2.05, 4.69) is 5.10 Å². The number of rotatable bonds is 2. The number of aromatic nitrogens is 2. The zero-order chi connectivity index (χ0) is 14.0. The molecule has 1 N–H and O–H groups in total. The van der Waals surface area contributed by atoms with Gasteiger partial charge < -0.3 is 5.11 Å². The average molecular weight is 293 g/mol. The quantitative estimate of drug-likeness (QED) is 0.925. The zero-order valence-corrected chi connectivity index (χ0v) is 11.1. The monoisotopic (exact) mass is 292 g/mol. The lowest BCUT2D eigenvalue weighted by Gasteiger charge is -2.08. The molecule has 102 valence electrons. The summed E-state index contributed by atoms with van der Waals surface area (Å²) in [6, 6.07) is 4.05. The Morgan fingerprint density at radius 1 is 1.50 bits per heavy atom. The molecule has 0 bridgehead atoms. The lowest BCUT2D eigenvalue weighted by atomic mass is 10.1. The summed E-state index contributed by atoms with van der Waals surface area (Å²) >= 11 is 6.07. The fourth-order valence-corrected chi connectivity index (χ4v) is 3.37. The maximum Gasteiger partial charge on any atom is 0.356 e. The van der Waals surface area contributed by atoms with E-state index in [9.17, 15) is 14.3 Å². The molecule has 0 saturated heterocycles. The third-order valence-electron chi connectivity index (χ3n) is 4.10. The van der Waals surface area contributed by atoms with Gasteiger partial charge in [-0.25, -0.2) is 13.9 Å². The molecule has 0 spiro atoms. The van der Waals surface area contributed by atoms with E-state index in [1.807, 2.05) is 0 Å². The number of carboxylic acids is 1. The number of nitrogens with zero attached hydrogens (tertiary/aromatic N) is 2. The van der Waals surface area contributed by atoms with Crippen LogP contribution in [0.5, 0.6) is 0 Å². The second kappa shape index (κ2) is 3.82. The molecule has 1 saturated carbocycles. The Kier molecular flexibility index (Phi) is 2.27. The molecule has 4 nitrogen and oxygen atoms in total. The molecule has 0 radical (unpaired) electrons. The third kappa shape index (κ3) is 1.53. The van der Waals surface area contributed by atoms with Gasteiger partial charge in [0.2, 0.25) is 0 Å². The van der Waals surface area contributed by atoms with Crippen molar-refractivity contribution in [2.24, 2.45) is 5.92 Å². The molecule has 2 aliphatic carbocycles. The fourth-order valence-electron chi connectivity index (χ4n) is 3.12. The summed E-state index contributed by atoms with van der Waals surface area (Å²) in [5.74, 6) is -0.553. The normalized spacial score (nSPS) is 22.5. The molecular weight excluding hydrogens is 283 g/mol. The van der Waals surface area contributed by atoms with E-state index in [4.69, 9.17) is 11.6 Å².